The number of carbonyl (C=O) groups excluding carboxylic acids is 1. The van der Waals surface area contributed by atoms with Crippen LogP contribution in [0.25, 0.3) is 6.08 Å². The number of rotatable bonds is 4. The van der Waals surface area contributed by atoms with Crippen LogP contribution in [0.2, 0.25) is 0 Å². The van der Waals surface area contributed by atoms with Crippen molar-refractivity contribution in [2.24, 2.45) is 15.9 Å². The molecular weight excluding hydrogens is 254 g/mol. The molecule has 0 aliphatic heterocycles. The summed E-state index contributed by atoms with van der Waals surface area (Å²) in [6.45, 7) is 1.38. The fraction of sp³-hybridized carbons (Fsp3) is 0.0909. The van der Waals surface area contributed by atoms with E-state index in [0.29, 0.717) is 11.1 Å². The van der Waals surface area contributed by atoms with Crippen molar-refractivity contribution in [3.05, 3.63) is 40.8 Å². The van der Waals surface area contributed by atoms with E-state index in [2.05, 4.69) is 4.40 Å². The predicted molar refractivity (Wildman–Crippen MR) is 70.2 cm³/mol. The lowest BCUT2D eigenvalue weighted by atomic mass is 10.1. The summed E-state index contributed by atoms with van der Waals surface area (Å²) in [7, 11) is -3.71. The largest absolute Gasteiger partial charge is 0.387 e. The maximum Gasteiger partial charge on any atom is 0.277 e. The van der Waals surface area contributed by atoms with Gasteiger partial charge in [-0.05, 0) is 30.7 Å². The Morgan fingerprint density at radius 3 is 2.22 bits per heavy atom. The molecule has 0 aromatic heterocycles. The van der Waals surface area contributed by atoms with E-state index in [0.717, 1.165) is 5.41 Å². The molecule has 18 heavy (non-hydrogen) atoms. The third-order valence-corrected chi connectivity index (χ3v) is 2.92. The van der Waals surface area contributed by atoms with Crippen LogP contribution in [0.15, 0.2) is 34.1 Å². The molecule has 0 aliphatic carbocycles. The summed E-state index contributed by atoms with van der Waals surface area (Å²) in [4.78, 5) is 10.8. The number of sulfonamides is 1. The minimum absolute atomic E-state index is 0.0382. The molecule has 0 saturated heterocycles. The Bertz CT molecular complexity index is 597. The fourth-order valence-electron chi connectivity index (χ4n) is 1.15. The van der Waals surface area contributed by atoms with E-state index in [-0.39, 0.29) is 5.84 Å². The third kappa shape index (κ3) is 4.38. The number of nitrogens with zero attached hydrogens (tertiary/aromatic N) is 1. The molecule has 0 heterocycles. The van der Waals surface area contributed by atoms with Gasteiger partial charge < -0.3 is 11.5 Å². The van der Waals surface area contributed by atoms with Crippen LogP contribution < -0.4 is 11.5 Å². The Balaban J connectivity index is 2.92. The number of benzene rings is 1. The molecular formula is C11H13N3O3S. The summed E-state index contributed by atoms with van der Waals surface area (Å²) in [5.41, 5.74) is 11.2. The van der Waals surface area contributed by atoms with Gasteiger partial charge in [-0.2, -0.15) is 8.42 Å². The molecule has 0 spiro atoms. The summed E-state index contributed by atoms with van der Waals surface area (Å²) < 4.78 is 26.0. The van der Waals surface area contributed by atoms with Gasteiger partial charge in [0.05, 0.1) is 5.41 Å². The lowest BCUT2D eigenvalue weighted by molar-refractivity contribution is 0.100. The molecule has 1 amide bonds. The zero-order valence-electron chi connectivity index (χ0n) is 9.70. The van der Waals surface area contributed by atoms with Gasteiger partial charge in [0, 0.05) is 5.56 Å². The van der Waals surface area contributed by atoms with Crippen molar-refractivity contribution in [1.82, 2.24) is 0 Å². The number of nitrogens with two attached hydrogens (primary N) is 2. The average molecular weight is 267 g/mol. The summed E-state index contributed by atoms with van der Waals surface area (Å²) in [6, 6.07) is 6.16. The van der Waals surface area contributed by atoms with Gasteiger partial charge in [-0.3, -0.25) is 4.79 Å². The highest BCUT2D eigenvalue weighted by atomic mass is 32.2. The van der Waals surface area contributed by atoms with Gasteiger partial charge in [-0.25, -0.2) is 0 Å². The van der Waals surface area contributed by atoms with Crippen LogP contribution in [0.4, 0.5) is 0 Å². The van der Waals surface area contributed by atoms with Gasteiger partial charge in [0.1, 0.15) is 5.84 Å². The number of amides is 1. The van der Waals surface area contributed by atoms with Gasteiger partial charge in [0.15, 0.2) is 0 Å². The molecule has 0 atom stereocenters. The number of amidine groups is 1. The highest BCUT2D eigenvalue weighted by Crippen LogP contribution is 2.07. The van der Waals surface area contributed by atoms with Crippen molar-refractivity contribution in [2.45, 2.75) is 6.92 Å². The van der Waals surface area contributed by atoms with E-state index in [9.17, 15) is 13.2 Å². The number of carbonyl (C=O) groups is 1. The lowest BCUT2D eigenvalue weighted by Gasteiger charge is -1.96. The number of primary amides is 1. The fourth-order valence-corrected chi connectivity index (χ4v) is 1.95. The van der Waals surface area contributed by atoms with Gasteiger partial charge in [-0.1, -0.05) is 12.1 Å². The monoisotopic (exact) mass is 267 g/mol. The van der Waals surface area contributed by atoms with Crippen molar-refractivity contribution < 1.29 is 13.2 Å². The SMILES string of the molecule is CC(N)=NS(=O)(=O)/C=C/c1ccc(C(N)=O)cc1. The van der Waals surface area contributed by atoms with E-state index < -0.39 is 15.9 Å². The second kappa shape index (κ2) is 5.46. The number of hydrogen-bond donors (Lipinski definition) is 2. The first-order chi connectivity index (χ1) is 8.30. The van der Waals surface area contributed by atoms with Gasteiger partial charge >= 0.3 is 0 Å². The van der Waals surface area contributed by atoms with Gasteiger partial charge in [0.25, 0.3) is 10.0 Å². The van der Waals surface area contributed by atoms with Crippen LogP contribution in [0.3, 0.4) is 0 Å². The van der Waals surface area contributed by atoms with Crippen molar-refractivity contribution in [1.29, 1.82) is 0 Å². The van der Waals surface area contributed by atoms with Crippen LogP contribution in [-0.2, 0) is 10.0 Å². The normalized spacial score (nSPS) is 12.8. The average Bonchev–Trinajstić information content (AvgIpc) is 2.25. The van der Waals surface area contributed by atoms with Crippen LogP contribution in [0.5, 0.6) is 0 Å². The maximum atomic E-state index is 11.4. The summed E-state index contributed by atoms with van der Waals surface area (Å²) in [5, 5.41) is 0.933. The molecule has 0 saturated carbocycles. The molecule has 0 unspecified atom stereocenters. The molecule has 1 aromatic carbocycles. The Morgan fingerprint density at radius 2 is 1.78 bits per heavy atom. The zero-order valence-corrected chi connectivity index (χ0v) is 10.5. The smallest absolute Gasteiger partial charge is 0.277 e. The third-order valence-electron chi connectivity index (χ3n) is 1.90. The number of hydrogen-bond acceptors (Lipinski definition) is 3. The molecule has 1 rings (SSSR count). The molecule has 0 radical (unpaired) electrons. The molecule has 4 N–H and O–H groups in total. The van der Waals surface area contributed by atoms with E-state index in [1.54, 1.807) is 12.1 Å². The van der Waals surface area contributed by atoms with Crippen molar-refractivity contribution >= 4 is 27.8 Å². The first-order valence-corrected chi connectivity index (χ1v) is 6.45. The van der Waals surface area contributed by atoms with Crippen LogP contribution in [0.1, 0.15) is 22.8 Å². The van der Waals surface area contributed by atoms with Crippen molar-refractivity contribution in [2.75, 3.05) is 0 Å². The standard InChI is InChI=1S/C11H13N3O3S/c1-8(12)14-18(16,17)7-6-9-2-4-10(5-3-9)11(13)15/h2-7H,1H3,(H2,12,14)(H2,13,15)/b7-6+. The Kier molecular flexibility index (Phi) is 4.22. The van der Waals surface area contributed by atoms with E-state index >= 15 is 0 Å². The first-order valence-electron chi connectivity index (χ1n) is 4.95. The van der Waals surface area contributed by atoms with Crippen molar-refractivity contribution in [3.63, 3.8) is 0 Å². The van der Waals surface area contributed by atoms with Crippen LogP contribution in [0, 0.1) is 0 Å². The Morgan fingerprint density at radius 1 is 1.22 bits per heavy atom. The Hall–Kier alpha value is -2.15. The van der Waals surface area contributed by atoms with Gasteiger partial charge in [-0.15, -0.1) is 4.40 Å². The summed E-state index contributed by atoms with van der Waals surface area (Å²) in [5.74, 6) is -0.578. The molecule has 0 bridgehead atoms. The minimum atomic E-state index is -3.71. The second-order valence-electron chi connectivity index (χ2n) is 3.54. The highest BCUT2D eigenvalue weighted by Gasteiger charge is 2.02. The minimum Gasteiger partial charge on any atom is -0.387 e. The van der Waals surface area contributed by atoms with Crippen LogP contribution in [-0.4, -0.2) is 20.2 Å². The van der Waals surface area contributed by atoms with E-state index in [1.165, 1.54) is 25.1 Å². The molecule has 1 aromatic rings. The van der Waals surface area contributed by atoms with Crippen LogP contribution >= 0.6 is 0 Å². The van der Waals surface area contributed by atoms with E-state index in [4.69, 9.17) is 11.5 Å². The zero-order chi connectivity index (χ0) is 13.8. The molecule has 0 fully saturated rings. The summed E-state index contributed by atoms with van der Waals surface area (Å²) in [6.07, 6.45) is 1.35. The first kappa shape index (κ1) is 13.9. The van der Waals surface area contributed by atoms with Gasteiger partial charge in [0.2, 0.25) is 5.91 Å². The van der Waals surface area contributed by atoms with E-state index in [1.807, 2.05) is 0 Å². The lowest BCUT2D eigenvalue weighted by Crippen LogP contribution is -2.10. The maximum absolute atomic E-state index is 11.4. The molecule has 96 valence electrons. The second-order valence-corrected chi connectivity index (χ2v) is 5.02. The topological polar surface area (TPSA) is 116 Å². The Labute approximate surface area is 105 Å². The predicted octanol–water partition coefficient (Wildman–Crippen LogP) is 0.463. The van der Waals surface area contributed by atoms with Crippen molar-refractivity contribution in [3.8, 4) is 0 Å². The highest BCUT2D eigenvalue weighted by molar-refractivity contribution is 7.93. The molecule has 0 aliphatic rings. The summed E-state index contributed by atoms with van der Waals surface area (Å²) >= 11 is 0. The molecule has 7 heteroatoms. The quantitative estimate of drug-likeness (QED) is 0.609. The molecule has 6 nitrogen and oxygen atoms in total.